The summed E-state index contributed by atoms with van der Waals surface area (Å²) in [4.78, 5) is 2.61. The van der Waals surface area contributed by atoms with Crippen LogP contribution in [-0.4, -0.2) is 45.5 Å². The molecule has 2 rings (SSSR count). The second-order valence-corrected chi connectivity index (χ2v) is 10.0. The van der Waals surface area contributed by atoms with E-state index in [0.717, 1.165) is 24.3 Å². The van der Waals surface area contributed by atoms with E-state index >= 15 is 0 Å². The minimum absolute atomic E-state index is 0.212. The minimum atomic E-state index is -3.17. The van der Waals surface area contributed by atoms with Crippen LogP contribution in [0.15, 0.2) is 59.5 Å². The summed E-state index contributed by atoms with van der Waals surface area (Å²) in [6, 6.07) is 17.9. The first-order chi connectivity index (χ1) is 12.4. The molecule has 0 radical (unpaired) electrons. The highest BCUT2D eigenvalue weighted by Crippen LogP contribution is 2.36. The molecule has 3 nitrogen and oxygen atoms in total. The maximum atomic E-state index is 12.4. The number of thioether (sulfide) groups is 1. The van der Waals surface area contributed by atoms with Gasteiger partial charge in [-0.3, -0.25) is 0 Å². The van der Waals surface area contributed by atoms with Crippen LogP contribution in [0.1, 0.15) is 36.1 Å². The van der Waals surface area contributed by atoms with Crippen LogP contribution >= 0.6 is 11.8 Å². The number of nitrogens with zero attached hydrogens (tertiary/aromatic N) is 1. The molecule has 0 heterocycles. The summed E-state index contributed by atoms with van der Waals surface area (Å²) < 4.78 is 24.8. The van der Waals surface area contributed by atoms with Crippen LogP contribution in [0.25, 0.3) is 0 Å². The fourth-order valence-corrected chi connectivity index (χ4v) is 5.53. The van der Waals surface area contributed by atoms with E-state index in [0.29, 0.717) is 11.3 Å². The number of hydrogen-bond donors (Lipinski definition) is 0. The van der Waals surface area contributed by atoms with Crippen LogP contribution in [0.3, 0.4) is 0 Å². The molecule has 0 N–H and O–H groups in total. The monoisotopic (exact) mass is 391 g/mol. The fraction of sp³-hybridized carbons (Fsp3) is 0.429. The Balaban J connectivity index is 2.22. The summed E-state index contributed by atoms with van der Waals surface area (Å²) in [6.07, 6.45) is 1.59. The minimum Gasteiger partial charge on any atom is -0.309 e. The van der Waals surface area contributed by atoms with Gasteiger partial charge in [-0.15, -0.1) is 11.8 Å². The molecule has 0 amide bonds. The lowest BCUT2D eigenvalue weighted by molar-refractivity contribution is 0.437. The van der Waals surface area contributed by atoms with Crippen molar-refractivity contribution in [1.82, 2.24) is 4.90 Å². The second kappa shape index (κ2) is 10.1. The van der Waals surface area contributed by atoms with Crippen LogP contribution in [0.4, 0.5) is 0 Å². The largest absolute Gasteiger partial charge is 0.309 e. The standard InChI is InChI=1S/C21H29NO2S2/c1-4-5-17-26(23,24)20-13-11-19(12-14-20)21(25-16-15-22(2)3)18-9-7-6-8-10-18/h6-14,21H,4-5,15-17H2,1-3H3. The molecular weight excluding hydrogens is 362 g/mol. The Morgan fingerprint density at radius 2 is 1.58 bits per heavy atom. The van der Waals surface area contributed by atoms with Gasteiger partial charge in [0.2, 0.25) is 0 Å². The number of unbranched alkanes of at least 4 members (excludes halogenated alkanes) is 1. The lowest BCUT2D eigenvalue weighted by Gasteiger charge is -2.19. The Kier molecular flexibility index (Phi) is 8.19. The summed E-state index contributed by atoms with van der Waals surface area (Å²) >= 11 is 1.89. The van der Waals surface area contributed by atoms with E-state index in [-0.39, 0.29) is 11.0 Å². The summed E-state index contributed by atoms with van der Waals surface area (Å²) in [5.41, 5.74) is 2.40. The molecule has 0 aliphatic rings. The van der Waals surface area contributed by atoms with E-state index in [4.69, 9.17) is 0 Å². The lowest BCUT2D eigenvalue weighted by atomic mass is 10.0. The summed E-state index contributed by atoms with van der Waals surface area (Å²) in [5.74, 6) is 1.24. The molecule has 0 aromatic heterocycles. The van der Waals surface area contributed by atoms with Crippen molar-refractivity contribution in [3.63, 3.8) is 0 Å². The zero-order valence-electron chi connectivity index (χ0n) is 15.9. The van der Waals surface area contributed by atoms with Gasteiger partial charge < -0.3 is 4.90 Å². The molecule has 2 aromatic carbocycles. The molecule has 1 atom stereocenters. The predicted octanol–water partition coefficient (Wildman–Crippen LogP) is 4.64. The summed E-state index contributed by atoms with van der Waals surface area (Å²) in [7, 11) is 0.984. The molecule has 142 valence electrons. The third-order valence-corrected chi connectivity index (χ3v) is 7.35. The Morgan fingerprint density at radius 3 is 2.15 bits per heavy atom. The maximum absolute atomic E-state index is 12.4. The average Bonchev–Trinajstić information content (AvgIpc) is 2.64. The number of sulfone groups is 1. The van der Waals surface area contributed by atoms with Crippen molar-refractivity contribution in [3.05, 3.63) is 65.7 Å². The number of rotatable bonds is 10. The smallest absolute Gasteiger partial charge is 0.178 e. The van der Waals surface area contributed by atoms with Gasteiger partial charge in [-0.1, -0.05) is 55.8 Å². The molecular formula is C21H29NO2S2. The molecule has 2 aromatic rings. The quantitative estimate of drug-likeness (QED) is 0.591. The van der Waals surface area contributed by atoms with Crippen molar-refractivity contribution in [3.8, 4) is 0 Å². The van der Waals surface area contributed by atoms with E-state index in [1.165, 1.54) is 5.56 Å². The zero-order chi connectivity index (χ0) is 19.0. The van der Waals surface area contributed by atoms with Crippen LogP contribution in [-0.2, 0) is 9.84 Å². The van der Waals surface area contributed by atoms with Gasteiger partial charge in [0.15, 0.2) is 9.84 Å². The first-order valence-corrected chi connectivity index (χ1v) is 11.8. The molecule has 5 heteroatoms. The van der Waals surface area contributed by atoms with Crippen LogP contribution in [0.5, 0.6) is 0 Å². The molecule has 0 fully saturated rings. The highest BCUT2D eigenvalue weighted by Gasteiger charge is 2.17. The topological polar surface area (TPSA) is 37.4 Å². The maximum Gasteiger partial charge on any atom is 0.178 e. The molecule has 0 bridgehead atoms. The first kappa shape index (κ1) is 21.0. The molecule has 1 unspecified atom stereocenters. The Hall–Kier alpha value is -1.30. The van der Waals surface area contributed by atoms with Gasteiger partial charge in [-0.25, -0.2) is 8.42 Å². The first-order valence-electron chi connectivity index (χ1n) is 9.08. The summed E-state index contributed by atoms with van der Waals surface area (Å²) in [5, 5.41) is 0.212. The predicted molar refractivity (Wildman–Crippen MR) is 113 cm³/mol. The summed E-state index contributed by atoms with van der Waals surface area (Å²) in [6.45, 7) is 3.02. The van der Waals surface area contributed by atoms with E-state index in [2.05, 4.69) is 43.3 Å². The lowest BCUT2D eigenvalue weighted by Crippen LogP contribution is -2.15. The van der Waals surface area contributed by atoms with Crippen LogP contribution < -0.4 is 0 Å². The van der Waals surface area contributed by atoms with E-state index in [1.807, 2.05) is 36.9 Å². The molecule has 0 aliphatic heterocycles. The highest BCUT2D eigenvalue weighted by atomic mass is 32.2. The Bertz CT molecular complexity index is 756. The van der Waals surface area contributed by atoms with Crippen molar-refractivity contribution in [1.29, 1.82) is 0 Å². The normalized spacial score (nSPS) is 13.1. The van der Waals surface area contributed by atoms with Crippen molar-refractivity contribution in [2.45, 2.75) is 29.9 Å². The molecule has 26 heavy (non-hydrogen) atoms. The van der Waals surface area contributed by atoms with Gasteiger partial charge in [0, 0.05) is 12.3 Å². The third-order valence-electron chi connectivity index (χ3n) is 4.23. The second-order valence-electron chi connectivity index (χ2n) is 6.71. The van der Waals surface area contributed by atoms with Gasteiger partial charge in [0.1, 0.15) is 0 Å². The van der Waals surface area contributed by atoms with Crippen LogP contribution in [0.2, 0.25) is 0 Å². The Morgan fingerprint density at radius 1 is 0.962 bits per heavy atom. The van der Waals surface area contributed by atoms with Crippen molar-refractivity contribution >= 4 is 21.6 Å². The number of hydrogen-bond acceptors (Lipinski definition) is 4. The van der Waals surface area contributed by atoms with Gasteiger partial charge >= 0.3 is 0 Å². The third kappa shape index (κ3) is 6.15. The van der Waals surface area contributed by atoms with Crippen LogP contribution in [0, 0.1) is 0 Å². The molecule has 0 saturated heterocycles. The van der Waals surface area contributed by atoms with Gasteiger partial charge in [-0.2, -0.15) is 0 Å². The van der Waals surface area contributed by atoms with Gasteiger partial charge in [0.05, 0.1) is 15.9 Å². The van der Waals surface area contributed by atoms with Crippen molar-refractivity contribution < 1.29 is 8.42 Å². The van der Waals surface area contributed by atoms with Gasteiger partial charge in [0.25, 0.3) is 0 Å². The van der Waals surface area contributed by atoms with E-state index in [9.17, 15) is 8.42 Å². The van der Waals surface area contributed by atoms with E-state index in [1.54, 1.807) is 12.1 Å². The molecule has 0 aliphatic carbocycles. The zero-order valence-corrected chi connectivity index (χ0v) is 17.5. The fourth-order valence-electron chi connectivity index (χ4n) is 2.67. The Labute approximate surface area is 162 Å². The van der Waals surface area contributed by atoms with Gasteiger partial charge in [-0.05, 0) is 43.8 Å². The number of benzene rings is 2. The molecule has 0 saturated carbocycles. The molecule has 0 spiro atoms. The SMILES string of the molecule is CCCCS(=O)(=O)c1ccc(C(SCCN(C)C)c2ccccc2)cc1. The van der Waals surface area contributed by atoms with E-state index < -0.39 is 9.84 Å². The highest BCUT2D eigenvalue weighted by molar-refractivity contribution is 7.99. The average molecular weight is 392 g/mol. The van der Waals surface area contributed by atoms with Crippen molar-refractivity contribution in [2.75, 3.05) is 32.1 Å². The van der Waals surface area contributed by atoms with Crippen molar-refractivity contribution in [2.24, 2.45) is 0 Å².